The second kappa shape index (κ2) is 7.00. The lowest BCUT2D eigenvalue weighted by Crippen LogP contribution is -2.31. The van der Waals surface area contributed by atoms with Crippen LogP contribution in [-0.4, -0.2) is 23.6 Å². The quantitative estimate of drug-likeness (QED) is 0.826. The third kappa shape index (κ3) is 4.02. The molecule has 1 heterocycles. The summed E-state index contributed by atoms with van der Waals surface area (Å²) in [5.74, 6) is -0.995. The van der Waals surface area contributed by atoms with Crippen LogP contribution in [0, 0.1) is 0 Å². The van der Waals surface area contributed by atoms with Crippen molar-refractivity contribution >= 4 is 23.5 Å². The number of ether oxygens (including phenoxy) is 1. The molecule has 0 aliphatic carbocycles. The number of nitrogens with one attached hydrogen (secondary N) is 1. The van der Waals surface area contributed by atoms with Crippen molar-refractivity contribution in [2.24, 2.45) is 0 Å². The minimum atomic E-state index is -0.833. The van der Waals surface area contributed by atoms with Gasteiger partial charge in [0.15, 0.2) is 6.61 Å². The molecule has 0 aliphatic heterocycles. The summed E-state index contributed by atoms with van der Waals surface area (Å²) in [5, 5.41) is 12.5. The third-order valence-electron chi connectivity index (χ3n) is 2.86. The minimum absolute atomic E-state index is 0.0978. The summed E-state index contributed by atoms with van der Waals surface area (Å²) in [5.41, 5.74) is -0.0978. The molecule has 2 aromatic rings. The SMILES string of the molecule is C[C@H](NC(=O)COC(=O)c1cc(Cl)ccc1O)c1ccco1. The molecule has 0 spiro atoms. The van der Waals surface area contributed by atoms with Gasteiger partial charge in [-0.05, 0) is 37.3 Å². The Morgan fingerprint density at radius 3 is 2.86 bits per heavy atom. The van der Waals surface area contributed by atoms with Gasteiger partial charge in [0.25, 0.3) is 5.91 Å². The van der Waals surface area contributed by atoms with Crippen LogP contribution >= 0.6 is 11.6 Å². The number of rotatable bonds is 5. The number of phenolic OH excluding ortho intramolecular Hbond substituents is 1. The zero-order valence-corrected chi connectivity index (χ0v) is 12.5. The van der Waals surface area contributed by atoms with Crippen LogP contribution in [0.1, 0.15) is 29.1 Å². The fourth-order valence-electron chi connectivity index (χ4n) is 1.77. The number of benzene rings is 1. The molecule has 0 radical (unpaired) electrons. The summed E-state index contributed by atoms with van der Waals surface area (Å²) in [6.45, 7) is 1.26. The van der Waals surface area contributed by atoms with Gasteiger partial charge in [0.2, 0.25) is 0 Å². The van der Waals surface area contributed by atoms with Crippen LogP contribution < -0.4 is 5.32 Å². The van der Waals surface area contributed by atoms with Crippen molar-refractivity contribution in [3.05, 3.63) is 52.9 Å². The first-order chi connectivity index (χ1) is 10.5. The monoisotopic (exact) mass is 323 g/mol. The molecule has 1 aromatic heterocycles. The Balaban J connectivity index is 1.88. The number of carbonyl (C=O) groups is 2. The number of hydrogen-bond donors (Lipinski definition) is 2. The molecule has 1 aromatic carbocycles. The lowest BCUT2D eigenvalue weighted by molar-refractivity contribution is -0.125. The number of halogens is 1. The van der Waals surface area contributed by atoms with Gasteiger partial charge in [-0.2, -0.15) is 0 Å². The Morgan fingerprint density at radius 2 is 2.18 bits per heavy atom. The maximum absolute atomic E-state index is 11.8. The fourth-order valence-corrected chi connectivity index (χ4v) is 1.94. The highest BCUT2D eigenvalue weighted by Gasteiger charge is 2.17. The van der Waals surface area contributed by atoms with Crippen molar-refractivity contribution in [2.45, 2.75) is 13.0 Å². The van der Waals surface area contributed by atoms with Crippen LogP contribution in [0.25, 0.3) is 0 Å². The normalized spacial score (nSPS) is 11.7. The molecule has 0 saturated heterocycles. The smallest absolute Gasteiger partial charge is 0.342 e. The first-order valence-electron chi connectivity index (χ1n) is 6.46. The number of aromatic hydroxyl groups is 1. The Bertz CT molecular complexity index is 669. The molecule has 1 amide bonds. The molecular weight excluding hydrogens is 310 g/mol. The zero-order chi connectivity index (χ0) is 16.1. The molecule has 2 N–H and O–H groups in total. The molecule has 22 heavy (non-hydrogen) atoms. The predicted octanol–water partition coefficient (Wildman–Crippen LogP) is 2.67. The van der Waals surface area contributed by atoms with E-state index >= 15 is 0 Å². The minimum Gasteiger partial charge on any atom is -0.507 e. The number of amides is 1. The van der Waals surface area contributed by atoms with Gasteiger partial charge < -0.3 is 19.6 Å². The molecule has 116 valence electrons. The number of furan rings is 1. The first-order valence-corrected chi connectivity index (χ1v) is 6.83. The first kappa shape index (κ1) is 15.9. The Morgan fingerprint density at radius 1 is 1.41 bits per heavy atom. The van der Waals surface area contributed by atoms with E-state index < -0.39 is 18.5 Å². The van der Waals surface area contributed by atoms with E-state index in [1.807, 2.05) is 0 Å². The van der Waals surface area contributed by atoms with Crippen LogP contribution in [0.4, 0.5) is 0 Å². The standard InChI is InChI=1S/C15H14ClNO5/c1-9(13-3-2-6-21-13)17-14(19)8-22-15(20)11-7-10(16)4-5-12(11)18/h2-7,9,18H,8H2,1H3,(H,17,19)/t9-/m0/s1. The molecular formula is C15H14ClNO5. The Labute approximate surface area is 131 Å². The molecule has 1 atom stereocenters. The Kier molecular flexibility index (Phi) is 5.06. The number of phenols is 1. The number of carbonyl (C=O) groups excluding carboxylic acids is 2. The lowest BCUT2D eigenvalue weighted by Gasteiger charge is -2.12. The van der Waals surface area contributed by atoms with Crippen molar-refractivity contribution in [3.63, 3.8) is 0 Å². The Hall–Kier alpha value is -2.47. The highest BCUT2D eigenvalue weighted by Crippen LogP contribution is 2.22. The largest absolute Gasteiger partial charge is 0.507 e. The lowest BCUT2D eigenvalue weighted by atomic mass is 10.2. The van der Waals surface area contributed by atoms with Crippen molar-refractivity contribution in [2.75, 3.05) is 6.61 Å². The summed E-state index contributed by atoms with van der Waals surface area (Å²) in [4.78, 5) is 23.5. The molecule has 0 unspecified atom stereocenters. The van der Waals surface area contributed by atoms with Gasteiger partial charge in [-0.1, -0.05) is 11.6 Å². The summed E-state index contributed by atoms with van der Waals surface area (Å²) in [6.07, 6.45) is 1.50. The third-order valence-corrected chi connectivity index (χ3v) is 3.10. The maximum atomic E-state index is 11.8. The van der Waals surface area contributed by atoms with Gasteiger partial charge in [0, 0.05) is 5.02 Å². The average Bonchev–Trinajstić information content (AvgIpc) is 3.01. The van der Waals surface area contributed by atoms with Crippen molar-refractivity contribution < 1.29 is 23.8 Å². The van der Waals surface area contributed by atoms with Gasteiger partial charge >= 0.3 is 5.97 Å². The molecule has 7 heteroatoms. The number of esters is 1. The average molecular weight is 324 g/mol. The van der Waals surface area contributed by atoms with Gasteiger partial charge in [-0.3, -0.25) is 4.79 Å². The molecule has 0 aliphatic rings. The van der Waals surface area contributed by atoms with Crippen LogP contribution in [0.3, 0.4) is 0 Å². The zero-order valence-electron chi connectivity index (χ0n) is 11.7. The van der Waals surface area contributed by atoms with Gasteiger partial charge in [-0.15, -0.1) is 0 Å². The highest BCUT2D eigenvalue weighted by molar-refractivity contribution is 6.31. The second-order valence-corrected chi connectivity index (χ2v) is 4.98. The van der Waals surface area contributed by atoms with E-state index in [4.69, 9.17) is 20.8 Å². The molecule has 2 rings (SSSR count). The van der Waals surface area contributed by atoms with E-state index in [9.17, 15) is 14.7 Å². The molecule has 6 nitrogen and oxygen atoms in total. The second-order valence-electron chi connectivity index (χ2n) is 4.54. The van der Waals surface area contributed by atoms with E-state index in [-0.39, 0.29) is 22.4 Å². The van der Waals surface area contributed by atoms with Gasteiger partial charge in [0.1, 0.15) is 17.1 Å². The molecule has 0 bridgehead atoms. The van der Waals surface area contributed by atoms with E-state index in [0.717, 1.165) is 0 Å². The summed E-state index contributed by atoms with van der Waals surface area (Å²) in [7, 11) is 0. The van der Waals surface area contributed by atoms with E-state index in [0.29, 0.717) is 5.76 Å². The van der Waals surface area contributed by atoms with Crippen LogP contribution in [0.15, 0.2) is 41.0 Å². The van der Waals surface area contributed by atoms with Crippen LogP contribution in [0.2, 0.25) is 5.02 Å². The van der Waals surface area contributed by atoms with Crippen LogP contribution in [-0.2, 0) is 9.53 Å². The highest BCUT2D eigenvalue weighted by atomic mass is 35.5. The number of hydrogen-bond acceptors (Lipinski definition) is 5. The van der Waals surface area contributed by atoms with E-state index in [1.54, 1.807) is 19.1 Å². The van der Waals surface area contributed by atoms with E-state index in [1.165, 1.54) is 24.5 Å². The summed E-state index contributed by atoms with van der Waals surface area (Å²) in [6, 6.07) is 7.06. The van der Waals surface area contributed by atoms with Crippen molar-refractivity contribution in [1.82, 2.24) is 5.32 Å². The van der Waals surface area contributed by atoms with Gasteiger partial charge in [-0.25, -0.2) is 4.79 Å². The molecule has 0 fully saturated rings. The predicted molar refractivity (Wildman–Crippen MR) is 78.7 cm³/mol. The van der Waals surface area contributed by atoms with Crippen LogP contribution in [0.5, 0.6) is 5.75 Å². The molecule has 0 saturated carbocycles. The summed E-state index contributed by atoms with van der Waals surface area (Å²) >= 11 is 5.74. The van der Waals surface area contributed by atoms with Crippen molar-refractivity contribution in [3.8, 4) is 5.75 Å². The summed E-state index contributed by atoms with van der Waals surface area (Å²) < 4.78 is 9.99. The van der Waals surface area contributed by atoms with E-state index in [2.05, 4.69) is 5.32 Å². The van der Waals surface area contributed by atoms with Crippen molar-refractivity contribution in [1.29, 1.82) is 0 Å². The maximum Gasteiger partial charge on any atom is 0.342 e. The topological polar surface area (TPSA) is 88.8 Å². The van der Waals surface area contributed by atoms with Gasteiger partial charge in [0.05, 0.1) is 12.3 Å². The fraction of sp³-hybridized carbons (Fsp3) is 0.200.